The molecule has 1 N–H and O–H groups in total. The largest absolute Gasteiger partial charge is 0.447 e. The van der Waals surface area contributed by atoms with Gasteiger partial charge in [-0.3, -0.25) is 14.5 Å². The smallest absolute Gasteiger partial charge is 0.414 e. The zero-order chi connectivity index (χ0) is 22.3. The zero-order valence-corrected chi connectivity index (χ0v) is 17.9. The van der Waals surface area contributed by atoms with E-state index in [1.807, 2.05) is 60.7 Å². The number of benzene rings is 2. The highest BCUT2D eigenvalue weighted by molar-refractivity contribution is 5.92. The minimum Gasteiger partial charge on any atom is -0.447 e. The molecule has 0 aliphatic carbocycles. The van der Waals surface area contributed by atoms with Crippen LogP contribution in [0.2, 0.25) is 0 Å². The molecule has 166 valence electrons. The van der Waals surface area contributed by atoms with Crippen LogP contribution in [0.5, 0.6) is 0 Å². The Morgan fingerprint density at radius 3 is 2.53 bits per heavy atom. The van der Waals surface area contributed by atoms with Gasteiger partial charge in [0.15, 0.2) is 0 Å². The molecule has 0 spiro atoms. The number of carbonyl (C=O) groups is 3. The van der Waals surface area contributed by atoms with E-state index >= 15 is 0 Å². The normalized spacial score (nSPS) is 16.9. The number of amides is 3. The van der Waals surface area contributed by atoms with Crippen LogP contribution in [0.4, 0.5) is 10.5 Å². The van der Waals surface area contributed by atoms with Crippen LogP contribution in [0, 0.1) is 5.92 Å². The summed E-state index contributed by atoms with van der Waals surface area (Å²) in [6.45, 7) is 2.47. The standard InChI is InChI=1S/C25H27N3O4/c29-23(10-9-19-5-2-1-3-6-19)27-13-11-21(12-14-27)24(30)26-18-20-7-4-8-22(17-20)28-15-16-32-25(28)31/h1-10,17,21H,11-16,18H2,(H,26,30). The molecule has 2 aromatic carbocycles. The van der Waals surface area contributed by atoms with Crippen molar-refractivity contribution in [2.75, 3.05) is 31.1 Å². The molecule has 0 aromatic heterocycles. The van der Waals surface area contributed by atoms with Crippen molar-refractivity contribution in [3.63, 3.8) is 0 Å². The first-order valence-electron chi connectivity index (χ1n) is 10.9. The topological polar surface area (TPSA) is 79.0 Å². The van der Waals surface area contributed by atoms with E-state index in [9.17, 15) is 14.4 Å². The minimum atomic E-state index is -0.342. The Balaban J connectivity index is 1.24. The number of likely N-dealkylation sites (tertiary alicyclic amines) is 1. The van der Waals surface area contributed by atoms with Gasteiger partial charge in [0.1, 0.15) is 6.61 Å². The molecule has 0 saturated carbocycles. The lowest BCUT2D eigenvalue weighted by molar-refractivity contribution is -0.132. The number of carbonyl (C=O) groups excluding carboxylic acids is 3. The number of ether oxygens (including phenoxy) is 1. The maximum absolute atomic E-state index is 12.6. The highest BCUT2D eigenvalue weighted by Gasteiger charge is 2.27. The van der Waals surface area contributed by atoms with Gasteiger partial charge >= 0.3 is 6.09 Å². The maximum atomic E-state index is 12.6. The van der Waals surface area contributed by atoms with Gasteiger partial charge in [-0.05, 0) is 42.2 Å². The number of nitrogens with one attached hydrogen (secondary N) is 1. The predicted octanol–water partition coefficient (Wildman–Crippen LogP) is 3.21. The summed E-state index contributed by atoms with van der Waals surface area (Å²) in [5.74, 6) is -0.123. The molecule has 7 nitrogen and oxygen atoms in total. The molecular weight excluding hydrogens is 406 g/mol. The van der Waals surface area contributed by atoms with Gasteiger partial charge in [0, 0.05) is 37.3 Å². The summed E-state index contributed by atoms with van der Waals surface area (Å²) >= 11 is 0. The monoisotopic (exact) mass is 433 g/mol. The van der Waals surface area contributed by atoms with Crippen molar-refractivity contribution in [3.05, 3.63) is 71.8 Å². The average molecular weight is 434 g/mol. The van der Waals surface area contributed by atoms with Crippen LogP contribution in [0.3, 0.4) is 0 Å². The molecule has 0 unspecified atom stereocenters. The number of anilines is 1. The molecule has 2 aliphatic heterocycles. The molecule has 2 saturated heterocycles. The second kappa shape index (κ2) is 10.1. The number of nitrogens with zero attached hydrogens (tertiary/aromatic N) is 2. The highest BCUT2D eigenvalue weighted by Crippen LogP contribution is 2.21. The van der Waals surface area contributed by atoms with Gasteiger partial charge in [-0.15, -0.1) is 0 Å². The second-order valence-electron chi connectivity index (χ2n) is 8.00. The summed E-state index contributed by atoms with van der Waals surface area (Å²) in [7, 11) is 0. The fraction of sp³-hybridized carbons (Fsp3) is 0.320. The number of hydrogen-bond donors (Lipinski definition) is 1. The number of hydrogen-bond acceptors (Lipinski definition) is 4. The van der Waals surface area contributed by atoms with Crippen molar-refractivity contribution >= 4 is 29.7 Å². The Hall–Kier alpha value is -3.61. The van der Waals surface area contributed by atoms with Crippen molar-refractivity contribution in [1.29, 1.82) is 0 Å². The van der Waals surface area contributed by atoms with Crippen LogP contribution < -0.4 is 10.2 Å². The van der Waals surface area contributed by atoms with Gasteiger partial charge in [-0.25, -0.2) is 4.79 Å². The van der Waals surface area contributed by atoms with Crippen molar-refractivity contribution in [2.45, 2.75) is 19.4 Å². The Kier molecular flexibility index (Phi) is 6.84. The fourth-order valence-corrected chi connectivity index (χ4v) is 3.99. The van der Waals surface area contributed by atoms with E-state index in [2.05, 4.69) is 5.32 Å². The van der Waals surface area contributed by atoms with Gasteiger partial charge in [0.2, 0.25) is 11.8 Å². The van der Waals surface area contributed by atoms with Crippen molar-refractivity contribution in [3.8, 4) is 0 Å². The quantitative estimate of drug-likeness (QED) is 0.710. The van der Waals surface area contributed by atoms with Crippen LogP contribution in [0.1, 0.15) is 24.0 Å². The van der Waals surface area contributed by atoms with Gasteiger partial charge in [0.25, 0.3) is 0 Å². The van der Waals surface area contributed by atoms with E-state index in [0.717, 1.165) is 16.8 Å². The predicted molar refractivity (Wildman–Crippen MR) is 122 cm³/mol. The molecule has 32 heavy (non-hydrogen) atoms. The van der Waals surface area contributed by atoms with Gasteiger partial charge < -0.3 is 15.0 Å². The van der Waals surface area contributed by atoms with Crippen molar-refractivity contribution in [2.24, 2.45) is 5.92 Å². The lowest BCUT2D eigenvalue weighted by atomic mass is 9.95. The van der Waals surface area contributed by atoms with Crippen molar-refractivity contribution < 1.29 is 19.1 Å². The molecule has 2 aromatic rings. The lowest BCUT2D eigenvalue weighted by Gasteiger charge is -2.30. The SMILES string of the molecule is O=C(NCc1cccc(N2CCOC2=O)c1)C1CCN(C(=O)C=Cc2ccccc2)CC1. The molecule has 3 amide bonds. The molecule has 7 heteroatoms. The Morgan fingerprint density at radius 1 is 1.03 bits per heavy atom. The molecule has 4 rings (SSSR count). The summed E-state index contributed by atoms with van der Waals surface area (Å²) in [6, 6.07) is 17.3. The highest BCUT2D eigenvalue weighted by atomic mass is 16.6. The first-order chi connectivity index (χ1) is 15.6. The number of cyclic esters (lactones) is 1. The van der Waals surface area contributed by atoms with E-state index < -0.39 is 0 Å². The minimum absolute atomic E-state index is 0.00270. The molecule has 2 fully saturated rings. The molecule has 2 aliphatic rings. The second-order valence-corrected chi connectivity index (χ2v) is 8.00. The maximum Gasteiger partial charge on any atom is 0.414 e. The van der Waals surface area contributed by atoms with E-state index in [0.29, 0.717) is 45.6 Å². The van der Waals surface area contributed by atoms with E-state index in [4.69, 9.17) is 4.74 Å². The first-order valence-corrected chi connectivity index (χ1v) is 10.9. The van der Waals surface area contributed by atoms with Crippen molar-refractivity contribution in [1.82, 2.24) is 10.2 Å². The molecule has 0 atom stereocenters. The third kappa shape index (κ3) is 5.35. The van der Waals surface area contributed by atoms with E-state index in [1.165, 1.54) is 0 Å². The Bertz CT molecular complexity index is 997. The molecule has 2 heterocycles. The van der Waals surface area contributed by atoms with Crippen LogP contribution in [-0.2, 0) is 20.9 Å². The summed E-state index contributed by atoms with van der Waals surface area (Å²) in [5.41, 5.74) is 2.68. The zero-order valence-electron chi connectivity index (χ0n) is 17.9. The Morgan fingerprint density at radius 2 is 1.81 bits per heavy atom. The van der Waals surface area contributed by atoms with E-state index in [-0.39, 0.29) is 23.8 Å². The van der Waals surface area contributed by atoms with Gasteiger partial charge in [0.05, 0.1) is 6.54 Å². The van der Waals surface area contributed by atoms with Crippen LogP contribution in [0.15, 0.2) is 60.7 Å². The van der Waals surface area contributed by atoms with Crippen LogP contribution in [-0.4, -0.2) is 49.0 Å². The Labute approximate surface area is 187 Å². The summed E-state index contributed by atoms with van der Waals surface area (Å²) in [6.07, 6.45) is 4.37. The average Bonchev–Trinajstić information content (AvgIpc) is 3.28. The van der Waals surface area contributed by atoms with Gasteiger partial charge in [-0.2, -0.15) is 0 Å². The molecular formula is C25H27N3O4. The van der Waals surface area contributed by atoms with Crippen LogP contribution in [0.25, 0.3) is 6.08 Å². The molecule has 0 radical (unpaired) electrons. The fourth-order valence-electron chi connectivity index (χ4n) is 3.99. The third-order valence-corrected chi connectivity index (χ3v) is 5.85. The summed E-state index contributed by atoms with van der Waals surface area (Å²) < 4.78 is 4.99. The number of piperidine rings is 1. The van der Waals surface area contributed by atoms with Crippen LogP contribution >= 0.6 is 0 Å². The van der Waals surface area contributed by atoms with E-state index in [1.54, 1.807) is 15.9 Å². The third-order valence-electron chi connectivity index (χ3n) is 5.85. The summed E-state index contributed by atoms with van der Waals surface area (Å²) in [5, 5.41) is 3.00. The lowest BCUT2D eigenvalue weighted by Crippen LogP contribution is -2.42. The molecule has 0 bridgehead atoms. The number of rotatable bonds is 6. The first kappa shape index (κ1) is 21.6. The van der Waals surface area contributed by atoms with Gasteiger partial charge in [-0.1, -0.05) is 42.5 Å². The summed E-state index contributed by atoms with van der Waals surface area (Å²) in [4.78, 5) is 40.2.